The van der Waals surface area contributed by atoms with Crippen molar-refractivity contribution in [2.24, 2.45) is 5.73 Å². The highest BCUT2D eigenvalue weighted by molar-refractivity contribution is 5.16. The monoisotopic (exact) mass is 220 g/mol. The summed E-state index contributed by atoms with van der Waals surface area (Å²) < 4.78 is 5.59. The molecule has 2 atom stereocenters. The van der Waals surface area contributed by atoms with Gasteiger partial charge in [0.15, 0.2) is 0 Å². The van der Waals surface area contributed by atoms with Crippen molar-refractivity contribution in [2.45, 2.75) is 44.8 Å². The van der Waals surface area contributed by atoms with Crippen LogP contribution in [-0.2, 0) is 4.74 Å². The zero-order valence-electron chi connectivity index (χ0n) is 9.86. The molecule has 3 heteroatoms. The van der Waals surface area contributed by atoms with Crippen molar-refractivity contribution >= 4 is 0 Å². The maximum atomic E-state index is 6.13. The van der Waals surface area contributed by atoms with E-state index < -0.39 is 0 Å². The van der Waals surface area contributed by atoms with Crippen LogP contribution in [0.2, 0.25) is 0 Å². The molecule has 88 valence electrons. The molecular weight excluding hydrogens is 200 g/mol. The molecule has 1 aliphatic heterocycles. The Morgan fingerprint density at radius 3 is 3.06 bits per heavy atom. The smallest absolute Gasteiger partial charge is 0.0576 e. The molecule has 0 amide bonds. The Morgan fingerprint density at radius 2 is 2.44 bits per heavy atom. The molecule has 0 radical (unpaired) electrons. The van der Waals surface area contributed by atoms with Crippen molar-refractivity contribution in [2.75, 3.05) is 6.61 Å². The Hall–Kier alpha value is -0.930. The van der Waals surface area contributed by atoms with Crippen LogP contribution in [0, 0.1) is 6.92 Å². The Balaban J connectivity index is 1.82. The lowest BCUT2D eigenvalue weighted by Gasteiger charge is -2.14. The van der Waals surface area contributed by atoms with E-state index in [-0.39, 0.29) is 6.04 Å². The van der Waals surface area contributed by atoms with Crippen molar-refractivity contribution in [3.8, 4) is 0 Å². The quantitative estimate of drug-likeness (QED) is 0.847. The summed E-state index contributed by atoms with van der Waals surface area (Å²) in [6.07, 6.45) is 6.76. The molecule has 1 aromatic heterocycles. The van der Waals surface area contributed by atoms with E-state index in [4.69, 9.17) is 10.5 Å². The third-order valence-corrected chi connectivity index (χ3v) is 3.19. The van der Waals surface area contributed by atoms with Crippen LogP contribution in [0.1, 0.15) is 43.0 Å². The normalized spacial score (nSPS) is 22.2. The first-order chi connectivity index (χ1) is 7.75. The molecule has 0 saturated carbocycles. The summed E-state index contributed by atoms with van der Waals surface area (Å²) in [7, 11) is 0. The molecule has 1 fully saturated rings. The van der Waals surface area contributed by atoms with Crippen molar-refractivity contribution in [1.82, 2.24) is 4.98 Å². The van der Waals surface area contributed by atoms with Gasteiger partial charge in [-0.15, -0.1) is 0 Å². The highest BCUT2D eigenvalue weighted by Gasteiger charge is 2.17. The molecule has 2 N–H and O–H groups in total. The van der Waals surface area contributed by atoms with Gasteiger partial charge in [0.25, 0.3) is 0 Å². The summed E-state index contributed by atoms with van der Waals surface area (Å²) in [4.78, 5) is 4.27. The minimum Gasteiger partial charge on any atom is -0.378 e. The number of nitrogens with two attached hydrogens (primary N) is 1. The highest BCUT2D eigenvalue weighted by Crippen LogP contribution is 2.22. The average molecular weight is 220 g/mol. The minimum absolute atomic E-state index is 0.0947. The van der Waals surface area contributed by atoms with Crippen LogP contribution in [0.4, 0.5) is 0 Å². The second-order valence-corrected chi connectivity index (χ2v) is 4.55. The molecule has 0 aromatic carbocycles. The second-order valence-electron chi connectivity index (χ2n) is 4.55. The van der Waals surface area contributed by atoms with Gasteiger partial charge >= 0.3 is 0 Å². The zero-order chi connectivity index (χ0) is 11.4. The number of hydrogen-bond acceptors (Lipinski definition) is 3. The fraction of sp³-hybridized carbons (Fsp3) is 0.615. The van der Waals surface area contributed by atoms with Gasteiger partial charge in [0.05, 0.1) is 6.10 Å². The van der Waals surface area contributed by atoms with Crippen LogP contribution in [0.3, 0.4) is 0 Å². The number of ether oxygens (including phenoxy) is 1. The van der Waals surface area contributed by atoms with Crippen LogP contribution >= 0.6 is 0 Å². The molecule has 0 aliphatic carbocycles. The van der Waals surface area contributed by atoms with E-state index in [0.717, 1.165) is 30.7 Å². The zero-order valence-corrected chi connectivity index (χ0v) is 9.86. The number of aryl methyl sites for hydroxylation is 1. The van der Waals surface area contributed by atoms with Crippen LogP contribution in [-0.4, -0.2) is 17.7 Å². The Kier molecular flexibility index (Phi) is 3.91. The SMILES string of the molecule is Cc1ccc(C(N)CCC2CCCO2)cn1. The van der Waals surface area contributed by atoms with Gasteiger partial charge in [-0.1, -0.05) is 6.07 Å². The van der Waals surface area contributed by atoms with Crippen molar-refractivity contribution in [1.29, 1.82) is 0 Å². The van der Waals surface area contributed by atoms with Crippen LogP contribution in [0.5, 0.6) is 0 Å². The van der Waals surface area contributed by atoms with Crippen LogP contribution in [0.15, 0.2) is 18.3 Å². The van der Waals surface area contributed by atoms with E-state index in [0.29, 0.717) is 6.10 Å². The van der Waals surface area contributed by atoms with Gasteiger partial charge in [0.2, 0.25) is 0 Å². The number of aromatic nitrogens is 1. The Morgan fingerprint density at radius 1 is 1.56 bits per heavy atom. The maximum Gasteiger partial charge on any atom is 0.0576 e. The van der Waals surface area contributed by atoms with Gasteiger partial charge in [0, 0.05) is 24.5 Å². The van der Waals surface area contributed by atoms with E-state index >= 15 is 0 Å². The summed E-state index contributed by atoms with van der Waals surface area (Å²) in [5.74, 6) is 0. The third-order valence-electron chi connectivity index (χ3n) is 3.19. The van der Waals surface area contributed by atoms with Gasteiger partial charge in [0.1, 0.15) is 0 Å². The van der Waals surface area contributed by atoms with E-state index in [2.05, 4.69) is 11.1 Å². The number of pyridine rings is 1. The molecule has 3 nitrogen and oxygen atoms in total. The predicted molar refractivity (Wildman–Crippen MR) is 64.1 cm³/mol. The second kappa shape index (κ2) is 5.41. The van der Waals surface area contributed by atoms with Gasteiger partial charge in [-0.2, -0.15) is 0 Å². The molecule has 1 aromatic rings. The summed E-state index contributed by atoms with van der Waals surface area (Å²) in [6, 6.07) is 4.18. The first kappa shape index (κ1) is 11.6. The highest BCUT2D eigenvalue weighted by atomic mass is 16.5. The molecule has 0 bridgehead atoms. The molecular formula is C13H20N2O. The van der Waals surface area contributed by atoms with E-state index in [1.54, 1.807) is 0 Å². The Bertz CT molecular complexity index is 317. The largest absolute Gasteiger partial charge is 0.378 e. The lowest BCUT2D eigenvalue weighted by Crippen LogP contribution is -2.14. The first-order valence-electron chi connectivity index (χ1n) is 6.05. The van der Waals surface area contributed by atoms with Crippen LogP contribution in [0.25, 0.3) is 0 Å². The third kappa shape index (κ3) is 3.03. The summed E-state index contributed by atoms with van der Waals surface area (Å²) in [6.45, 7) is 2.91. The fourth-order valence-corrected chi connectivity index (χ4v) is 2.10. The van der Waals surface area contributed by atoms with E-state index in [1.165, 1.54) is 12.8 Å². The first-order valence-corrected chi connectivity index (χ1v) is 6.05. The van der Waals surface area contributed by atoms with Gasteiger partial charge in [-0.25, -0.2) is 0 Å². The van der Waals surface area contributed by atoms with Gasteiger partial charge in [-0.05, 0) is 44.2 Å². The van der Waals surface area contributed by atoms with Crippen molar-refractivity contribution in [3.63, 3.8) is 0 Å². The molecule has 2 unspecified atom stereocenters. The van der Waals surface area contributed by atoms with E-state index in [1.807, 2.05) is 19.2 Å². The number of rotatable bonds is 4. The van der Waals surface area contributed by atoms with Crippen molar-refractivity contribution in [3.05, 3.63) is 29.6 Å². The standard InChI is InChI=1S/C13H20N2O/c1-10-4-5-11(9-15-10)13(14)7-6-12-3-2-8-16-12/h4-5,9,12-13H,2-3,6-8,14H2,1H3. The lowest BCUT2D eigenvalue weighted by atomic mass is 10.0. The summed E-state index contributed by atoms with van der Waals surface area (Å²) in [5.41, 5.74) is 8.29. The number of hydrogen-bond donors (Lipinski definition) is 1. The maximum absolute atomic E-state index is 6.13. The average Bonchev–Trinajstić information content (AvgIpc) is 2.80. The van der Waals surface area contributed by atoms with Gasteiger partial charge in [-0.3, -0.25) is 4.98 Å². The molecule has 1 aliphatic rings. The predicted octanol–water partition coefficient (Wildman–Crippen LogP) is 2.35. The molecule has 0 spiro atoms. The lowest BCUT2D eigenvalue weighted by molar-refractivity contribution is 0.101. The Labute approximate surface area is 97.0 Å². The number of nitrogens with zero attached hydrogens (tertiary/aromatic N) is 1. The van der Waals surface area contributed by atoms with E-state index in [9.17, 15) is 0 Å². The summed E-state index contributed by atoms with van der Waals surface area (Å²) in [5, 5.41) is 0. The fourth-order valence-electron chi connectivity index (χ4n) is 2.10. The molecule has 1 saturated heterocycles. The molecule has 2 heterocycles. The molecule has 2 rings (SSSR count). The topological polar surface area (TPSA) is 48.1 Å². The van der Waals surface area contributed by atoms with Crippen LogP contribution < -0.4 is 5.73 Å². The van der Waals surface area contributed by atoms with Crippen molar-refractivity contribution < 1.29 is 4.74 Å². The minimum atomic E-state index is 0.0947. The summed E-state index contributed by atoms with van der Waals surface area (Å²) >= 11 is 0. The van der Waals surface area contributed by atoms with Gasteiger partial charge < -0.3 is 10.5 Å². The molecule has 16 heavy (non-hydrogen) atoms.